The van der Waals surface area contributed by atoms with Gasteiger partial charge in [0.25, 0.3) is 0 Å². The van der Waals surface area contributed by atoms with Crippen molar-refractivity contribution in [2.75, 3.05) is 11.9 Å². The molecular formula is C9H10ClN5. The number of imidazole rings is 1. The third-order valence-electron chi connectivity index (χ3n) is 1.88. The van der Waals surface area contributed by atoms with E-state index in [1.54, 1.807) is 18.6 Å². The van der Waals surface area contributed by atoms with E-state index in [4.69, 9.17) is 11.6 Å². The van der Waals surface area contributed by atoms with Gasteiger partial charge in [-0.2, -0.15) is 0 Å². The predicted molar refractivity (Wildman–Crippen MR) is 57.8 cm³/mol. The highest BCUT2D eigenvalue weighted by atomic mass is 35.5. The van der Waals surface area contributed by atoms with Gasteiger partial charge < -0.3 is 10.3 Å². The summed E-state index contributed by atoms with van der Waals surface area (Å²) >= 11 is 5.87. The number of hydrogen-bond acceptors (Lipinski definition) is 4. The molecule has 0 atom stereocenters. The fourth-order valence-corrected chi connectivity index (χ4v) is 1.35. The lowest BCUT2D eigenvalue weighted by Gasteiger charge is -2.04. The molecule has 0 saturated heterocycles. The number of rotatable bonds is 4. The van der Waals surface area contributed by atoms with Crippen LogP contribution in [0.4, 0.5) is 5.82 Å². The van der Waals surface area contributed by atoms with Crippen LogP contribution in [-0.2, 0) is 6.42 Å². The number of hydrogen-bond donors (Lipinski definition) is 2. The quantitative estimate of drug-likeness (QED) is 0.825. The van der Waals surface area contributed by atoms with E-state index >= 15 is 0 Å². The second kappa shape index (κ2) is 4.75. The van der Waals surface area contributed by atoms with Gasteiger partial charge in [0.2, 0.25) is 0 Å². The fraction of sp³-hybridized carbons (Fsp3) is 0.222. The van der Waals surface area contributed by atoms with Crippen LogP contribution in [0.3, 0.4) is 0 Å². The molecule has 6 heteroatoms. The summed E-state index contributed by atoms with van der Waals surface area (Å²) in [5, 5.41) is 3.63. The summed E-state index contributed by atoms with van der Waals surface area (Å²) in [7, 11) is 0. The lowest BCUT2D eigenvalue weighted by atomic mass is 10.4. The van der Waals surface area contributed by atoms with Crippen LogP contribution in [0.25, 0.3) is 0 Å². The second-order valence-electron chi connectivity index (χ2n) is 2.93. The van der Waals surface area contributed by atoms with Crippen molar-refractivity contribution >= 4 is 17.4 Å². The van der Waals surface area contributed by atoms with Gasteiger partial charge in [-0.05, 0) is 0 Å². The lowest BCUT2D eigenvalue weighted by molar-refractivity contribution is 0.920. The van der Waals surface area contributed by atoms with Crippen molar-refractivity contribution in [2.24, 2.45) is 0 Å². The maximum absolute atomic E-state index is 5.87. The summed E-state index contributed by atoms with van der Waals surface area (Å²) < 4.78 is 0. The Kier molecular flexibility index (Phi) is 3.14. The molecule has 78 valence electrons. The van der Waals surface area contributed by atoms with E-state index in [1.807, 2.05) is 0 Å². The van der Waals surface area contributed by atoms with E-state index in [0.717, 1.165) is 18.8 Å². The van der Waals surface area contributed by atoms with Gasteiger partial charge in [0.15, 0.2) is 0 Å². The van der Waals surface area contributed by atoms with Gasteiger partial charge in [0.05, 0.1) is 6.20 Å². The average Bonchev–Trinajstić information content (AvgIpc) is 2.74. The van der Waals surface area contributed by atoms with Crippen molar-refractivity contribution in [3.63, 3.8) is 0 Å². The van der Waals surface area contributed by atoms with E-state index < -0.39 is 0 Å². The Hall–Kier alpha value is -1.62. The minimum atomic E-state index is 0.525. The van der Waals surface area contributed by atoms with Gasteiger partial charge >= 0.3 is 0 Å². The van der Waals surface area contributed by atoms with Gasteiger partial charge in [-0.3, -0.25) is 0 Å². The van der Waals surface area contributed by atoms with E-state index in [1.165, 1.54) is 6.33 Å². The molecule has 0 aliphatic heterocycles. The van der Waals surface area contributed by atoms with Crippen LogP contribution in [0.5, 0.6) is 0 Å². The van der Waals surface area contributed by atoms with Crippen molar-refractivity contribution in [1.29, 1.82) is 0 Å². The Balaban J connectivity index is 1.86. The fourth-order valence-electron chi connectivity index (χ4n) is 1.18. The highest BCUT2D eigenvalue weighted by molar-refractivity contribution is 6.32. The van der Waals surface area contributed by atoms with E-state index in [2.05, 4.69) is 25.3 Å². The van der Waals surface area contributed by atoms with Crippen molar-refractivity contribution < 1.29 is 0 Å². The molecule has 0 bridgehead atoms. The molecule has 0 aromatic carbocycles. The van der Waals surface area contributed by atoms with Crippen LogP contribution in [-0.4, -0.2) is 26.5 Å². The molecular weight excluding hydrogens is 214 g/mol. The largest absolute Gasteiger partial charge is 0.368 e. The highest BCUT2D eigenvalue weighted by Crippen LogP contribution is 2.15. The van der Waals surface area contributed by atoms with E-state index in [0.29, 0.717) is 10.8 Å². The third-order valence-corrected chi connectivity index (χ3v) is 2.15. The Morgan fingerprint density at radius 1 is 1.40 bits per heavy atom. The highest BCUT2D eigenvalue weighted by Gasteiger charge is 2.00. The molecule has 2 heterocycles. The normalized spacial score (nSPS) is 10.2. The van der Waals surface area contributed by atoms with E-state index in [9.17, 15) is 0 Å². The summed E-state index contributed by atoms with van der Waals surface area (Å²) in [4.78, 5) is 14.9. The molecule has 0 saturated carbocycles. The minimum absolute atomic E-state index is 0.525. The maximum atomic E-state index is 5.87. The Labute approximate surface area is 91.9 Å². The zero-order valence-corrected chi connectivity index (χ0v) is 8.70. The topological polar surface area (TPSA) is 66.5 Å². The summed E-state index contributed by atoms with van der Waals surface area (Å²) in [6.45, 7) is 0.726. The van der Waals surface area contributed by atoms with Crippen molar-refractivity contribution in [3.05, 3.63) is 35.8 Å². The number of nitrogens with one attached hydrogen (secondary N) is 2. The van der Waals surface area contributed by atoms with Gasteiger partial charge in [-0.1, -0.05) is 11.6 Å². The number of halogens is 1. The molecule has 0 fully saturated rings. The van der Waals surface area contributed by atoms with Crippen molar-refractivity contribution in [1.82, 2.24) is 19.9 Å². The van der Waals surface area contributed by atoms with Gasteiger partial charge in [-0.15, -0.1) is 0 Å². The van der Waals surface area contributed by atoms with Crippen LogP contribution in [0.15, 0.2) is 24.9 Å². The first-order chi connectivity index (χ1) is 7.36. The van der Waals surface area contributed by atoms with Crippen LogP contribution in [0.1, 0.15) is 5.82 Å². The molecule has 2 N–H and O–H groups in total. The van der Waals surface area contributed by atoms with Gasteiger partial charge in [0, 0.05) is 25.4 Å². The summed E-state index contributed by atoms with van der Waals surface area (Å²) in [5.74, 6) is 1.59. The molecule has 0 aliphatic rings. The summed E-state index contributed by atoms with van der Waals surface area (Å²) in [6.07, 6.45) is 7.35. The number of H-pyrrole nitrogens is 1. The van der Waals surface area contributed by atoms with Crippen LogP contribution >= 0.6 is 11.6 Å². The molecule has 0 unspecified atom stereocenters. The standard InChI is InChI=1S/C9H10ClN5/c10-7-5-11-6-15-9(7)14-2-1-8-12-3-4-13-8/h3-6H,1-2H2,(H,12,13)(H,11,14,15). The molecule has 0 spiro atoms. The van der Waals surface area contributed by atoms with Crippen LogP contribution in [0, 0.1) is 0 Å². The number of aromatic nitrogens is 4. The molecule has 0 radical (unpaired) electrons. The minimum Gasteiger partial charge on any atom is -0.368 e. The molecule has 2 rings (SSSR count). The zero-order chi connectivity index (χ0) is 10.5. The Morgan fingerprint density at radius 3 is 3.07 bits per heavy atom. The number of anilines is 1. The first kappa shape index (κ1) is 9.92. The number of aromatic amines is 1. The second-order valence-corrected chi connectivity index (χ2v) is 3.34. The first-order valence-electron chi connectivity index (χ1n) is 4.54. The molecule has 15 heavy (non-hydrogen) atoms. The zero-order valence-electron chi connectivity index (χ0n) is 7.94. The summed E-state index contributed by atoms with van der Waals surface area (Å²) in [5.41, 5.74) is 0. The molecule has 2 aromatic heterocycles. The van der Waals surface area contributed by atoms with Crippen molar-refractivity contribution in [3.8, 4) is 0 Å². The molecule has 2 aromatic rings. The Bertz CT molecular complexity index is 414. The monoisotopic (exact) mass is 223 g/mol. The summed E-state index contributed by atoms with van der Waals surface area (Å²) in [6, 6.07) is 0. The number of nitrogens with zero attached hydrogens (tertiary/aromatic N) is 3. The Morgan fingerprint density at radius 2 is 2.33 bits per heavy atom. The average molecular weight is 224 g/mol. The SMILES string of the molecule is Clc1cncnc1NCCc1ncc[nH]1. The van der Waals surface area contributed by atoms with Crippen molar-refractivity contribution in [2.45, 2.75) is 6.42 Å². The molecule has 0 aliphatic carbocycles. The van der Waals surface area contributed by atoms with E-state index in [-0.39, 0.29) is 0 Å². The smallest absolute Gasteiger partial charge is 0.148 e. The first-order valence-corrected chi connectivity index (χ1v) is 4.91. The van der Waals surface area contributed by atoms with Gasteiger partial charge in [0.1, 0.15) is 23.0 Å². The lowest BCUT2D eigenvalue weighted by Crippen LogP contribution is -2.07. The predicted octanol–water partition coefficient (Wildman–Crippen LogP) is 1.51. The van der Waals surface area contributed by atoms with Crippen LogP contribution in [0.2, 0.25) is 5.02 Å². The molecule has 5 nitrogen and oxygen atoms in total. The third kappa shape index (κ3) is 2.66. The van der Waals surface area contributed by atoms with Crippen LogP contribution < -0.4 is 5.32 Å². The molecule has 0 amide bonds. The van der Waals surface area contributed by atoms with Gasteiger partial charge in [-0.25, -0.2) is 15.0 Å². The maximum Gasteiger partial charge on any atom is 0.148 e.